The third kappa shape index (κ3) is 4.36. The van der Waals surface area contributed by atoms with Gasteiger partial charge in [0, 0.05) is 58.6 Å². The molecule has 0 saturated heterocycles. The van der Waals surface area contributed by atoms with E-state index in [-0.39, 0.29) is 0 Å². The molecule has 0 saturated carbocycles. The number of nitrogens with zero attached hydrogens (tertiary/aromatic N) is 4. The van der Waals surface area contributed by atoms with Gasteiger partial charge in [0.2, 0.25) is 0 Å². The number of hydrogen-bond donors (Lipinski definition) is 0. The molecule has 0 aliphatic rings. The van der Waals surface area contributed by atoms with Crippen LogP contribution < -0.4 is 0 Å². The summed E-state index contributed by atoms with van der Waals surface area (Å²) in [5.74, 6) is 1.92. The lowest BCUT2D eigenvalue weighted by Gasteiger charge is -2.13. The fourth-order valence-electron chi connectivity index (χ4n) is 6.20. The summed E-state index contributed by atoms with van der Waals surface area (Å²) >= 11 is 1.83. The van der Waals surface area contributed by atoms with Crippen LogP contribution in [-0.4, -0.2) is 19.9 Å². The Morgan fingerprint density at radius 2 is 0.933 bits per heavy atom. The van der Waals surface area contributed by atoms with Crippen LogP contribution in [0.15, 0.2) is 146 Å². The maximum atomic E-state index is 5.26. The van der Waals surface area contributed by atoms with Gasteiger partial charge in [0.1, 0.15) is 0 Å². The Bertz CT molecular complexity index is 2470. The monoisotopic (exact) mass is 592 g/mol. The number of rotatable bonds is 4. The molecule has 4 nitrogen and oxygen atoms in total. The molecule has 0 aliphatic carbocycles. The minimum Gasteiger partial charge on any atom is -0.247 e. The van der Waals surface area contributed by atoms with Crippen molar-refractivity contribution in [2.45, 2.75) is 0 Å². The fraction of sp³-hybridized carbons (Fsp3) is 0. The minimum absolute atomic E-state index is 0.632. The smallest absolute Gasteiger partial charge is 0.164 e. The molecule has 0 radical (unpaired) electrons. The molecule has 0 atom stereocenters. The Hall–Kier alpha value is -5.78. The molecule has 3 heterocycles. The highest BCUT2D eigenvalue weighted by Gasteiger charge is 2.18. The van der Waals surface area contributed by atoms with Crippen molar-refractivity contribution in [3.05, 3.63) is 146 Å². The molecule has 0 N–H and O–H groups in total. The molecule has 0 amide bonds. The van der Waals surface area contributed by atoms with Gasteiger partial charge in [-0.25, -0.2) is 19.9 Å². The normalized spacial score (nSPS) is 11.6. The molecule has 9 rings (SSSR count). The highest BCUT2D eigenvalue weighted by molar-refractivity contribution is 7.26. The second-order valence-corrected chi connectivity index (χ2v) is 12.1. The van der Waals surface area contributed by atoms with Crippen LogP contribution in [0.5, 0.6) is 0 Å². The molecular weight excluding hydrogens is 569 g/mol. The SMILES string of the molecule is c1ccc(-c2nc(-c3ccccc3)nc(-c3ccc4nc(-c5ccccc5)c5ccc6sc7ccccc7c6c5c4c3)n2)cc1. The lowest BCUT2D eigenvalue weighted by atomic mass is 9.95. The standard InChI is InChI=1S/C40H24N4S/c1-4-12-25(13-5-1)37-30-21-23-34-36(29-18-10-11-19-33(29)45-34)35(30)31-24-28(20-22-32(31)41-37)40-43-38(26-14-6-2-7-15-26)42-39(44-40)27-16-8-3-9-17-27/h1-24H. The van der Waals surface area contributed by atoms with Gasteiger partial charge in [-0.1, -0.05) is 115 Å². The Kier molecular flexibility index (Phi) is 5.96. The van der Waals surface area contributed by atoms with Crippen molar-refractivity contribution < 1.29 is 0 Å². The van der Waals surface area contributed by atoms with E-state index >= 15 is 0 Å². The van der Waals surface area contributed by atoms with Gasteiger partial charge in [0.25, 0.3) is 0 Å². The van der Waals surface area contributed by atoms with E-state index in [0.29, 0.717) is 17.5 Å². The molecule has 0 fully saturated rings. The van der Waals surface area contributed by atoms with Crippen LogP contribution in [0.4, 0.5) is 0 Å². The molecular formula is C40H24N4S. The Morgan fingerprint density at radius 1 is 0.356 bits per heavy atom. The second-order valence-electron chi connectivity index (χ2n) is 11.1. The van der Waals surface area contributed by atoms with Crippen LogP contribution in [-0.2, 0) is 0 Å². The molecule has 0 aliphatic heterocycles. The van der Waals surface area contributed by atoms with Crippen molar-refractivity contribution in [2.24, 2.45) is 0 Å². The predicted octanol–water partition coefficient (Wildman–Crippen LogP) is 10.6. The van der Waals surface area contributed by atoms with Crippen LogP contribution >= 0.6 is 11.3 Å². The number of aromatic nitrogens is 4. The van der Waals surface area contributed by atoms with Crippen LogP contribution in [0, 0.1) is 0 Å². The summed E-state index contributed by atoms with van der Waals surface area (Å²) in [6, 6.07) is 50.2. The summed E-state index contributed by atoms with van der Waals surface area (Å²) in [5.41, 5.74) is 5.85. The lowest BCUT2D eigenvalue weighted by Crippen LogP contribution is -2.00. The summed E-state index contributed by atoms with van der Waals surface area (Å²) in [4.78, 5) is 20.2. The van der Waals surface area contributed by atoms with Crippen molar-refractivity contribution in [3.63, 3.8) is 0 Å². The van der Waals surface area contributed by atoms with Gasteiger partial charge in [0.05, 0.1) is 11.2 Å². The molecule has 0 unspecified atom stereocenters. The van der Waals surface area contributed by atoms with E-state index in [0.717, 1.165) is 44.2 Å². The summed E-state index contributed by atoms with van der Waals surface area (Å²) < 4.78 is 2.54. The first kappa shape index (κ1) is 25.7. The number of hydrogen-bond acceptors (Lipinski definition) is 5. The largest absolute Gasteiger partial charge is 0.247 e. The number of fused-ring (bicyclic) bond motifs is 7. The number of thiophene rings is 1. The van der Waals surface area contributed by atoms with E-state index in [9.17, 15) is 0 Å². The highest BCUT2D eigenvalue weighted by Crippen LogP contribution is 2.44. The van der Waals surface area contributed by atoms with Crippen LogP contribution in [0.1, 0.15) is 0 Å². The third-order valence-electron chi connectivity index (χ3n) is 8.30. The first-order valence-electron chi connectivity index (χ1n) is 14.9. The lowest BCUT2D eigenvalue weighted by molar-refractivity contribution is 1.07. The quantitative estimate of drug-likeness (QED) is 0.191. The third-order valence-corrected chi connectivity index (χ3v) is 9.44. The molecule has 6 aromatic carbocycles. The van der Waals surface area contributed by atoms with Gasteiger partial charge in [0.15, 0.2) is 17.5 Å². The summed E-state index contributed by atoms with van der Waals surface area (Å²) in [5, 5.41) is 5.95. The average Bonchev–Trinajstić information content (AvgIpc) is 3.51. The second kappa shape index (κ2) is 10.4. The van der Waals surface area contributed by atoms with Gasteiger partial charge in [-0.2, -0.15) is 0 Å². The first-order chi connectivity index (χ1) is 22.3. The van der Waals surface area contributed by atoms with Crippen molar-refractivity contribution >= 4 is 53.2 Å². The zero-order valence-corrected chi connectivity index (χ0v) is 24.9. The molecule has 0 bridgehead atoms. The van der Waals surface area contributed by atoms with Gasteiger partial charge in [-0.15, -0.1) is 11.3 Å². The van der Waals surface area contributed by atoms with Gasteiger partial charge in [-0.05, 0) is 30.3 Å². The Labute approximate surface area is 263 Å². The highest BCUT2D eigenvalue weighted by atomic mass is 32.1. The van der Waals surface area contributed by atoms with E-state index < -0.39 is 0 Å². The summed E-state index contributed by atoms with van der Waals surface area (Å²) in [7, 11) is 0. The maximum absolute atomic E-state index is 5.26. The molecule has 210 valence electrons. The van der Waals surface area contributed by atoms with Crippen molar-refractivity contribution in [1.29, 1.82) is 0 Å². The maximum Gasteiger partial charge on any atom is 0.164 e. The number of pyridine rings is 1. The Balaban J connectivity index is 1.36. The minimum atomic E-state index is 0.632. The van der Waals surface area contributed by atoms with Gasteiger partial charge in [-0.3, -0.25) is 0 Å². The molecule has 0 spiro atoms. The van der Waals surface area contributed by atoms with E-state index in [4.69, 9.17) is 19.9 Å². The zero-order valence-electron chi connectivity index (χ0n) is 24.1. The summed E-state index contributed by atoms with van der Waals surface area (Å²) in [6.45, 7) is 0. The molecule has 45 heavy (non-hydrogen) atoms. The van der Waals surface area contributed by atoms with Crippen molar-refractivity contribution in [2.75, 3.05) is 0 Å². The van der Waals surface area contributed by atoms with Crippen LogP contribution in [0.25, 0.3) is 87.3 Å². The van der Waals surface area contributed by atoms with E-state index in [1.54, 1.807) is 0 Å². The van der Waals surface area contributed by atoms with Gasteiger partial charge >= 0.3 is 0 Å². The molecule has 9 aromatic rings. The van der Waals surface area contributed by atoms with Crippen molar-refractivity contribution in [1.82, 2.24) is 19.9 Å². The van der Waals surface area contributed by atoms with Gasteiger partial charge < -0.3 is 0 Å². The average molecular weight is 593 g/mol. The van der Waals surface area contributed by atoms with Crippen LogP contribution in [0.3, 0.4) is 0 Å². The van der Waals surface area contributed by atoms with E-state index in [2.05, 4.69) is 78.9 Å². The fourth-order valence-corrected chi connectivity index (χ4v) is 7.31. The molecule has 5 heteroatoms. The molecule has 3 aromatic heterocycles. The topological polar surface area (TPSA) is 51.6 Å². The summed E-state index contributed by atoms with van der Waals surface area (Å²) in [6.07, 6.45) is 0. The Morgan fingerprint density at radius 3 is 1.60 bits per heavy atom. The van der Waals surface area contributed by atoms with Crippen molar-refractivity contribution in [3.8, 4) is 45.4 Å². The van der Waals surface area contributed by atoms with Crippen LogP contribution in [0.2, 0.25) is 0 Å². The first-order valence-corrected chi connectivity index (χ1v) is 15.7. The predicted molar refractivity (Wildman–Crippen MR) is 187 cm³/mol. The van der Waals surface area contributed by atoms with E-state index in [1.807, 2.05) is 78.1 Å². The van der Waals surface area contributed by atoms with E-state index in [1.165, 1.54) is 25.6 Å². The number of benzene rings is 6. The zero-order chi connectivity index (χ0) is 29.7.